The highest BCUT2D eigenvalue weighted by molar-refractivity contribution is 5.66. The van der Waals surface area contributed by atoms with Crippen LogP contribution in [-0.2, 0) is 14.3 Å². The van der Waals surface area contributed by atoms with Crippen LogP contribution in [-0.4, -0.2) is 39.9 Å². The molecule has 0 aromatic carbocycles. The van der Waals surface area contributed by atoms with Crippen LogP contribution in [0.25, 0.3) is 0 Å². The first kappa shape index (κ1) is 24.2. The molecule has 6 heteroatoms. The number of aliphatic carboxylic acids is 1. The summed E-state index contributed by atoms with van der Waals surface area (Å²) in [6.45, 7) is 5.16. The van der Waals surface area contributed by atoms with Gasteiger partial charge in [-0.25, -0.2) is 0 Å². The molecule has 1 unspecified atom stereocenters. The number of esters is 1. The lowest BCUT2D eigenvalue weighted by molar-refractivity contribution is -0.146. The molecule has 2 fully saturated rings. The van der Waals surface area contributed by atoms with Crippen molar-refractivity contribution in [3.05, 3.63) is 23.8 Å². The highest BCUT2D eigenvalue weighted by Gasteiger charge is 2.54. The molecule has 0 bridgehead atoms. The van der Waals surface area contributed by atoms with Crippen molar-refractivity contribution in [1.82, 2.24) is 0 Å². The molecule has 0 aromatic heterocycles. The van der Waals surface area contributed by atoms with E-state index < -0.39 is 23.7 Å². The van der Waals surface area contributed by atoms with Gasteiger partial charge in [0, 0.05) is 37.1 Å². The number of hydrogen-bond donors (Lipinski definition) is 3. The lowest BCUT2D eigenvalue weighted by atomic mass is 9.82. The molecule has 4 N–H and O–H groups in total. The molecular formula is C24H35NO5. The van der Waals surface area contributed by atoms with E-state index in [1.807, 2.05) is 19.1 Å². The molecule has 2 aliphatic rings. The van der Waals surface area contributed by atoms with Crippen LogP contribution in [0, 0.1) is 29.6 Å². The van der Waals surface area contributed by atoms with Crippen molar-refractivity contribution in [2.75, 3.05) is 0 Å². The SMILES string of the molecule is CC#CCC(C)[C@@H](/C=C/[C@H]1[C@H](O)C[C@@H]2C/C(=C\CCCC(=O)O)C[C@@]21N)OC(C)=O. The Bertz CT molecular complexity index is 746. The van der Waals surface area contributed by atoms with Crippen LogP contribution in [0.2, 0.25) is 0 Å². The molecule has 30 heavy (non-hydrogen) atoms. The number of hydrogen-bond acceptors (Lipinski definition) is 5. The van der Waals surface area contributed by atoms with Crippen molar-refractivity contribution >= 4 is 11.9 Å². The first-order valence-electron chi connectivity index (χ1n) is 10.8. The summed E-state index contributed by atoms with van der Waals surface area (Å²) in [7, 11) is 0. The highest BCUT2D eigenvalue weighted by atomic mass is 16.5. The topological polar surface area (TPSA) is 110 Å². The number of unbranched alkanes of at least 4 members (excludes halogenated alkanes) is 1. The van der Waals surface area contributed by atoms with Gasteiger partial charge in [-0.2, -0.15) is 0 Å². The number of aliphatic hydroxyl groups is 1. The van der Waals surface area contributed by atoms with E-state index in [0.717, 1.165) is 12.8 Å². The van der Waals surface area contributed by atoms with Gasteiger partial charge in [0.05, 0.1) is 6.10 Å². The maximum atomic E-state index is 11.5. The summed E-state index contributed by atoms with van der Waals surface area (Å²) in [5.41, 5.74) is 7.53. The monoisotopic (exact) mass is 417 g/mol. The summed E-state index contributed by atoms with van der Waals surface area (Å²) >= 11 is 0. The average Bonchev–Trinajstić information content (AvgIpc) is 3.08. The second kappa shape index (κ2) is 10.8. The summed E-state index contributed by atoms with van der Waals surface area (Å²) in [5.74, 6) is 4.79. The second-order valence-electron chi connectivity index (χ2n) is 8.73. The van der Waals surface area contributed by atoms with Gasteiger partial charge in [-0.05, 0) is 51.0 Å². The van der Waals surface area contributed by atoms with Gasteiger partial charge in [0.15, 0.2) is 0 Å². The molecule has 0 amide bonds. The lowest BCUT2D eigenvalue weighted by Crippen LogP contribution is -2.46. The van der Waals surface area contributed by atoms with Crippen LogP contribution in [0.1, 0.15) is 65.7 Å². The predicted octanol–water partition coefficient (Wildman–Crippen LogP) is 3.19. The van der Waals surface area contributed by atoms with Gasteiger partial charge < -0.3 is 20.7 Å². The van der Waals surface area contributed by atoms with E-state index in [1.54, 1.807) is 6.92 Å². The molecule has 166 valence electrons. The number of rotatable bonds is 9. The molecule has 0 aliphatic heterocycles. The molecule has 0 aromatic rings. The molecule has 0 heterocycles. The van der Waals surface area contributed by atoms with Crippen LogP contribution >= 0.6 is 0 Å². The Morgan fingerprint density at radius 3 is 2.80 bits per heavy atom. The molecule has 0 radical (unpaired) electrons. The molecule has 0 spiro atoms. The zero-order valence-corrected chi connectivity index (χ0v) is 18.3. The molecule has 6 nitrogen and oxygen atoms in total. The third-order valence-electron chi connectivity index (χ3n) is 6.36. The zero-order chi connectivity index (χ0) is 22.3. The largest absolute Gasteiger partial charge is 0.481 e. The molecule has 2 saturated carbocycles. The van der Waals surface area contributed by atoms with E-state index >= 15 is 0 Å². The fourth-order valence-electron chi connectivity index (χ4n) is 4.77. The average molecular weight is 418 g/mol. The van der Waals surface area contributed by atoms with Crippen molar-refractivity contribution < 1.29 is 24.5 Å². The molecule has 0 saturated heterocycles. The van der Waals surface area contributed by atoms with Crippen molar-refractivity contribution in [3.8, 4) is 11.8 Å². The van der Waals surface area contributed by atoms with Gasteiger partial charge in [0.1, 0.15) is 6.10 Å². The Balaban J connectivity index is 2.09. The molecule has 6 atom stereocenters. The number of carboxylic acid groups (broad SMARTS) is 1. The van der Waals surface area contributed by atoms with E-state index in [1.165, 1.54) is 12.5 Å². The number of carbonyl (C=O) groups is 2. The molecule has 2 aliphatic carbocycles. The van der Waals surface area contributed by atoms with E-state index in [9.17, 15) is 14.7 Å². The van der Waals surface area contributed by atoms with Gasteiger partial charge in [0.25, 0.3) is 0 Å². The maximum Gasteiger partial charge on any atom is 0.303 e. The molecule has 2 rings (SSSR count). The third kappa shape index (κ3) is 6.20. The van der Waals surface area contributed by atoms with E-state index in [-0.39, 0.29) is 30.1 Å². The fraction of sp³-hybridized carbons (Fsp3) is 0.667. The Morgan fingerprint density at radius 2 is 2.17 bits per heavy atom. The lowest BCUT2D eigenvalue weighted by Gasteiger charge is -2.30. The number of ether oxygens (including phenoxy) is 1. The number of nitrogens with two attached hydrogens (primary N) is 1. The number of allylic oxidation sites excluding steroid dienone is 1. The second-order valence-corrected chi connectivity index (χ2v) is 8.73. The Kier molecular flexibility index (Phi) is 8.69. The standard InChI is InChI=1S/C24H35NO5/c1-4-5-8-16(2)22(30-17(3)26)12-11-20-21(27)14-19-13-18(15-24(19,20)25)9-6-7-10-23(28)29/h9,11-12,16,19-22,27H,6-8,10,13-15,25H2,1-3H3,(H,28,29)/b12-11+,18-9+/t16?,19-,20-,21+,22+,24+/m0/s1. The third-order valence-corrected chi connectivity index (χ3v) is 6.36. The van der Waals surface area contributed by atoms with Crippen LogP contribution in [0.5, 0.6) is 0 Å². The van der Waals surface area contributed by atoms with Crippen molar-refractivity contribution in [1.29, 1.82) is 0 Å². The van der Waals surface area contributed by atoms with E-state index in [4.69, 9.17) is 15.6 Å². The predicted molar refractivity (Wildman–Crippen MR) is 115 cm³/mol. The van der Waals surface area contributed by atoms with Crippen LogP contribution in [0.15, 0.2) is 23.8 Å². The summed E-state index contributed by atoms with van der Waals surface area (Å²) < 4.78 is 5.48. The first-order valence-corrected chi connectivity index (χ1v) is 10.8. The van der Waals surface area contributed by atoms with Gasteiger partial charge in [-0.15, -0.1) is 11.8 Å². The minimum Gasteiger partial charge on any atom is -0.481 e. The molecular weight excluding hydrogens is 382 g/mol. The van der Waals surface area contributed by atoms with Crippen LogP contribution < -0.4 is 5.73 Å². The highest BCUT2D eigenvalue weighted by Crippen LogP contribution is 2.52. The summed E-state index contributed by atoms with van der Waals surface area (Å²) in [6, 6.07) is 0. The fourth-order valence-corrected chi connectivity index (χ4v) is 4.77. The smallest absolute Gasteiger partial charge is 0.303 e. The Labute approximate surface area is 179 Å². The number of carboxylic acids is 1. The quantitative estimate of drug-likeness (QED) is 0.230. The van der Waals surface area contributed by atoms with Gasteiger partial charge in [0.2, 0.25) is 0 Å². The number of carbonyl (C=O) groups excluding carboxylic acids is 1. The zero-order valence-electron chi connectivity index (χ0n) is 18.3. The first-order chi connectivity index (χ1) is 14.2. The maximum absolute atomic E-state index is 11.5. The van der Waals surface area contributed by atoms with Crippen molar-refractivity contribution in [2.24, 2.45) is 23.5 Å². The van der Waals surface area contributed by atoms with E-state index in [0.29, 0.717) is 25.7 Å². The number of aliphatic hydroxyl groups excluding tert-OH is 1. The van der Waals surface area contributed by atoms with Gasteiger partial charge >= 0.3 is 11.9 Å². The Hall–Kier alpha value is -2.10. The van der Waals surface area contributed by atoms with E-state index in [2.05, 4.69) is 17.9 Å². The Morgan fingerprint density at radius 1 is 1.43 bits per heavy atom. The van der Waals surface area contributed by atoms with Gasteiger partial charge in [-0.3, -0.25) is 9.59 Å². The van der Waals surface area contributed by atoms with Crippen molar-refractivity contribution in [2.45, 2.75) is 83.5 Å². The summed E-state index contributed by atoms with van der Waals surface area (Å²) in [4.78, 5) is 22.2. The van der Waals surface area contributed by atoms with Crippen molar-refractivity contribution in [3.63, 3.8) is 0 Å². The minimum absolute atomic E-state index is 0.0361. The number of fused-ring (bicyclic) bond motifs is 1. The minimum atomic E-state index is -0.776. The summed E-state index contributed by atoms with van der Waals surface area (Å²) in [6.07, 6.45) is 9.32. The van der Waals surface area contributed by atoms with Crippen LogP contribution in [0.4, 0.5) is 0 Å². The normalized spacial score (nSPS) is 31.2. The van der Waals surface area contributed by atoms with Crippen LogP contribution in [0.3, 0.4) is 0 Å². The van der Waals surface area contributed by atoms with Gasteiger partial charge in [-0.1, -0.05) is 24.6 Å². The summed E-state index contributed by atoms with van der Waals surface area (Å²) in [5, 5.41) is 19.4.